The van der Waals surface area contributed by atoms with E-state index in [2.05, 4.69) is 59.0 Å². The van der Waals surface area contributed by atoms with E-state index in [4.69, 9.17) is 17.0 Å². The summed E-state index contributed by atoms with van der Waals surface area (Å²) in [5.74, 6) is -0.245. The third kappa shape index (κ3) is 4.13. The van der Waals surface area contributed by atoms with Crippen molar-refractivity contribution < 1.29 is 9.53 Å². The highest BCUT2D eigenvalue weighted by Crippen LogP contribution is 2.39. The molecule has 1 N–H and O–H groups in total. The molecule has 0 aliphatic carbocycles. The maximum absolute atomic E-state index is 11.7. The zero-order chi connectivity index (χ0) is 19.6. The lowest BCUT2D eigenvalue weighted by atomic mass is 9.99. The van der Waals surface area contributed by atoms with E-state index < -0.39 is 0 Å². The molecule has 7 heteroatoms. The summed E-state index contributed by atoms with van der Waals surface area (Å²) in [5, 5.41) is 4.02. The summed E-state index contributed by atoms with van der Waals surface area (Å²) < 4.78 is 6.99. The van der Waals surface area contributed by atoms with Crippen molar-refractivity contribution in [3.8, 4) is 0 Å². The zero-order valence-corrected chi connectivity index (χ0v) is 17.0. The number of nitrogens with one attached hydrogen (secondary N) is 1. The number of hydrogen-bond acceptors (Lipinski definition) is 4. The van der Waals surface area contributed by atoms with Crippen LogP contribution in [0.1, 0.15) is 50.5 Å². The smallest absolute Gasteiger partial charge is 0.307 e. The lowest BCUT2D eigenvalue weighted by molar-refractivity contribution is -0.140. The standard InChI is InChI=1S/C20H26N4O2S/c1-20(2,3)23-11-8-14(13-23)18-17(15-7-5-6-10-21-15)22-19(27)24(18)12-9-16(25)26-4/h5-8,10-11,13,17-18H,9,12H2,1-4H3,(H,22,27)/t17-,18-/m1/s1. The molecule has 2 atom stereocenters. The molecule has 1 aliphatic heterocycles. The van der Waals surface area contributed by atoms with E-state index in [1.54, 1.807) is 6.20 Å². The number of pyridine rings is 1. The van der Waals surface area contributed by atoms with E-state index >= 15 is 0 Å². The molecule has 27 heavy (non-hydrogen) atoms. The molecular weight excluding hydrogens is 360 g/mol. The first-order chi connectivity index (χ1) is 12.8. The van der Waals surface area contributed by atoms with Crippen molar-refractivity contribution in [2.24, 2.45) is 0 Å². The van der Waals surface area contributed by atoms with Crippen molar-refractivity contribution in [1.29, 1.82) is 0 Å². The molecule has 1 fully saturated rings. The summed E-state index contributed by atoms with van der Waals surface area (Å²) >= 11 is 5.59. The Balaban J connectivity index is 1.96. The summed E-state index contributed by atoms with van der Waals surface area (Å²) in [6, 6.07) is 7.87. The van der Waals surface area contributed by atoms with Gasteiger partial charge < -0.3 is 19.5 Å². The average molecular weight is 387 g/mol. The van der Waals surface area contributed by atoms with E-state index in [1.807, 2.05) is 18.2 Å². The van der Waals surface area contributed by atoms with Gasteiger partial charge >= 0.3 is 5.97 Å². The van der Waals surface area contributed by atoms with Gasteiger partial charge in [-0.1, -0.05) is 6.07 Å². The van der Waals surface area contributed by atoms with Gasteiger partial charge in [-0.3, -0.25) is 9.78 Å². The summed E-state index contributed by atoms with van der Waals surface area (Å²) in [5.41, 5.74) is 2.05. The van der Waals surface area contributed by atoms with Crippen LogP contribution >= 0.6 is 12.2 Å². The number of rotatable bonds is 5. The number of methoxy groups -OCH3 is 1. The van der Waals surface area contributed by atoms with E-state index in [0.717, 1.165) is 11.3 Å². The second-order valence-corrected chi connectivity index (χ2v) is 8.06. The SMILES string of the molecule is COC(=O)CCN1C(=S)N[C@H](c2ccccn2)[C@H]1c1ccn(C(C)(C)C)c1. The van der Waals surface area contributed by atoms with Crippen LogP contribution in [0, 0.1) is 0 Å². The number of ether oxygens (including phenoxy) is 1. The summed E-state index contributed by atoms with van der Waals surface area (Å²) in [6.45, 7) is 6.99. The van der Waals surface area contributed by atoms with E-state index in [9.17, 15) is 4.79 Å². The second kappa shape index (κ2) is 7.68. The maximum Gasteiger partial charge on any atom is 0.307 e. The molecule has 1 saturated heterocycles. The molecule has 6 nitrogen and oxygen atoms in total. The minimum Gasteiger partial charge on any atom is -0.469 e. The number of esters is 1. The van der Waals surface area contributed by atoms with Crippen LogP contribution in [-0.4, -0.2) is 39.2 Å². The molecule has 0 radical (unpaired) electrons. The van der Waals surface area contributed by atoms with Gasteiger partial charge in [0, 0.05) is 30.7 Å². The van der Waals surface area contributed by atoms with Crippen molar-refractivity contribution in [3.63, 3.8) is 0 Å². The number of nitrogens with zero attached hydrogens (tertiary/aromatic N) is 3. The Morgan fingerprint density at radius 1 is 1.33 bits per heavy atom. The summed E-state index contributed by atoms with van der Waals surface area (Å²) in [7, 11) is 1.40. The molecule has 2 aromatic heterocycles. The number of thiocarbonyl (C=S) groups is 1. The van der Waals surface area contributed by atoms with Gasteiger partial charge in [0.1, 0.15) is 0 Å². The lowest BCUT2D eigenvalue weighted by Crippen LogP contribution is -2.32. The Hall–Kier alpha value is -2.41. The van der Waals surface area contributed by atoms with E-state index in [1.165, 1.54) is 7.11 Å². The lowest BCUT2D eigenvalue weighted by Gasteiger charge is -2.27. The first-order valence-corrected chi connectivity index (χ1v) is 9.45. The van der Waals surface area contributed by atoms with Gasteiger partial charge in [-0.05, 0) is 56.8 Å². The Morgan fingerprint density at radius 2 is 2.11 bits per heavy atom. The maximum atomic E-state index is 11.7. The predicted molar refractivity (Wildman–Crippen MR) is 108 cm³/mol. The highest BCUT2D eigenvalue weighted by atomic mass is 32.1. The van der Waals surface area contributed by atoms with Crippen molar-refractivity contribution in [2.45, 2.75) is 44.8 Å². The quantitative estimate of drug-likeness (QED) is 0.629. The Labute approximate surface area is 165 Å². The van der Waals surface area contributed by atoms with E-state index in [0.29, 0.717) is 11.7 Å². The molecule has 144 valence electrons. The average Bonchev–Trinajstić information content (AvgIpc) is 3.25. The molecule has 0 bridgehead atoms. The van der Waals surface area contributed by atoms with Crippen LogP contribution in [0.3, 0.4) is 0 Å². The van der Waals surface area contributed by atoms with Crippen LogP contribution < -0.4 is 5.32 Å². The fraction of sp³-hybridized carbons (Fsp3) is 0.450. The van der Waals surface area contributed by atoms with Crippen molar-refractivity contribution in [2.75, 3.05) is 13.7 Å². The van der Waals surface area contributed by atoms with Crippen molar-refractivity contribution in [3.05, 3.63) is 54.1 Å². The zero-order valence-electron chi connectivity index (χ0n) is 16.2. The Bertz CT molecular complexity index is 813. The van der Waals surface area contributed by atoms with Gasteiger partial charge in [-0.25, -0.2) is 0 Å². The minimum atomic E-state index is -0.245. The summed E-state index contributed by atoms with van der Waals surface area (Å²) in [4.78, 5) is 18.3. The van der Waals surface area contributed by atoms with Gasteiger partial charge in [0.2, 0.25) is 0 Å². The molecule has 2 aromatic rings. The van der Waals surface area contributed by atoms with Crippen LogP contribution in [0.15, 0.2) is 42.9 Å². The highest BCUT2D eigenvalue weighted by Gasteiger charge is 2.40. The number of carbonyl (C=O) groups excluding carboxylic acids is 1. The highest BCUT2D eigenvalue weighted by molar-refractivity contribution is 7.80. The molecule has 1 aliphatic rings. The summed E-state index contributed by atoms with van der Waals surface area (Å²) in [6.07, 6.45) is 6.31. The van der Waals surface area contributed by atoms with Gasteiger partial charge in [0.05, 0.1) is 31.3 Å². The topological polar surface area (TPSA) is 59.4 Å². The van der Waals surface area contributed by atoms with Crippen LogP contribution in [0.5, 0.6) is 0 Å². The first kappa shape index (κ1) is 19.4. The second-order valence-electron chi connectivity index (χ2n) is 7.67. The number of carbonyl (C=O) groups is 1. The molecule has 0 aromatic carbocycles. The third-order valence-corrected chi connectivity index (χ3v) is 5.17. The van der Waals surface area contributed by atoms with Crippen molar-refractivity contribution in [1.82, 2.24) is 19.8 Å². The molecular formula is C20H26N4O2S. The van der Waals surface area contributed by atoms with E-state index in [-0.39, 0.29) is 30.0 Å². The molecule has 0 amide bonds. The van der Waals surface area contributed by atoms with Gasteiger partial charge in [0.25, 0.3) is 0 Å². The van der Waals surface area contributed by atoms with Crippen LogP contribution in [-0.2, 0) is 15.1 Å². The number of hydrogen-bond donors (Lipinski definition) is 1. The minimum absolute atomic E-state index is 0.0118. The van der Waals surface area contributed by atoms with Crippen LogP contribution in [0.4, 0.5) is 0 Å². The first-order valence-electron chi connectivity index (χ1n) is 9.04. The van der Waals surface area contributed by atoms with Gasteiger partial charge in [-0.15, -0.1) is 0 Å². The molecule has 3 rings (SSSR count). The fourth-order valence-corrected chi connectivity index (χ4v) is 3.66. The third-order valence-electron chi connectivity index (χ3n) is 4.81. The van der Waals surface area contributed by atoms with Gasteiger partial charge in [-0.2, -0.15) is 0 Å². The number of aromatic nitrogens is 2. The molecule has 3 heterocycles. The van der Waals surface area contributed by atoms with Crippen LogP contribution in [0.25, 0.3) is 0 Å². The molecule has 0 spiro atoms. The Morgan fingerprint density at radius 3 is 2.70 bits per heavy atom. The molecule has 0 unspecified atom stereocenters. The van der Waals surface area contributed by atoms with Crippen LogP contribution in [0.2, 0.25) is 0 Å². The molecule has 0 saturated carbocycles. The van der Waals surface area contributed by atoms with Crippen molar-refractivity contribution >= 4 is 23.3 Å². The largest absolute Gasteiger partial charge is 0.469 e. The normalized spacial score (nSPS) is 19.9. The van der Waals surface area contributed by atoms with Gasteiger partial charge in [0.15, 0.2) is 5.11 Å². The Kier molecular flexibility index (Phi) is 5.51. The monoisotopic (exact) mass is 386 g/mol. The predicted octanol–water partition coefficient (Wildman–Crippen LogP) is 3.17. The fourth-order valence-electron chi connectivity index (χ4n) is 3.33.